The zero-order valence-electron chi connectivity index (χ0n) is 9.54. The van der Waals surface area contributed by atoms with Gasteiger partial charge in [0.2, 0.25) is 0 Å². The number of anilines is 1. The van der Waals surface area contributed by atoms with Gasteiger partial charge in [0.1, 0.15) is 5.82 Å². The third-order valence-electron chi connectivity index (χ3n) is 1.94. The molecule has 0 saturated carbocycles. The number of carbonyl (C=O) groups is 2. The first kappa shape index (κ1) is 14.4. The van der Waals surface area contributed by atoms with Gasteiger partial charge in [0, 0.05) is 6.54 Å². The van der Waals surface area contributed by atoms with Crippen LogP contribution in [0, 0.1) is 5.82 Å². The van der Waals surface area contributed by atoms with Gasteiger partial charge < -0.3 is 15.7 Å². The lowest BCUT2D eigenvalue weighted by molar-refractivity contribution is -0.136. The summed E-state index contributed by atoms with van der Waals surface area (Å²) in [5.74, 6) is -2.39. The van der Waals surface area contributed by atoms with E-state index in [0.717, 1.165) is 12.1 Å². The second kappa shape index (κ2) is 6.32. The summed E-state index contributed by atoms with van der Waals surface area (Å²) in [5.41, 5.74) is 0.135. The third kappa shape index (κ3) is 4.31. The van der Waals surface area contributed by atoms with Crippen molar-refractivity contribution in [3.8, 4) is 0 Å². The van der Waals surface area contributed by atoms with E-state index >= 15 is 0 Å². The first-order valence-corrected chi connectivity index (χ1v) is 5.50. The van der Waals surface area contributed by atoms with Crippen LogP contribution in [0.15, 0.2) is 18.2 Å². The monoisotopic (exact) mass is 274 g/mol. The number of aliphatic hydroxyl groups is 1. The van der Waals surface area contributed by atoms with Gasteiger partial charge in [0.25, 0.3) is 0 Å². The van der Waals surface area contributed by atoms with E-state index in [1.807, 2.05) is 0 Å². The molecule has 18 heavy (non-hydrogen) atoms. The summed E-state index contributed by atoms with van der Waals surface area (Å²) in [6, 6.07) is 3.37. The summed E-state index contributed by atoms with van der Waals surface area (Å²) in [6.07, 6.45) is -0.754. The maximum atomic E-state index is 12.7. The molecule has 1 rings (SSSR count). The Bertz CT molecular complexity index is 466. The van der Waals surface area contributed by atoms with Crippen molar-refractivity contribution in [2.45, 2.75) is 13.0 Å². The van der Waals surface area contributed by atoms with E-state index in [2.05, 4.69) is 10.6 Å². The number of benzene rings is 1. The van der Waals surface area contributed by atoms with Crippen LogP contribution in [0.1, 0.15) is 6.92 Å². The van der Waals surface area contributed by atoms with Crippen LogP contribution in [0.25, 0.3) is 0 Å². The minimum atomic E-state index is -0.941. The van der Waals surface area contributed by atoms with Crippen LogP contribution in [0.2, 0.25) is 5.02 Å². The maximum absolute atomic E-state index is 12.7. The molecule has 0 radical (unpaired) electrons. The van der Waals surface area contributed by atoms with Gasteiger partial charge in [-0.15, -0.1) is 0 Å². The molecule has 0 aliphatic carbocycles. The Hall–Kier alpha value is -1.66. The predicted molar refractivity (Wildman–Crippen MR) is 64.7 cm³/mol. The number of halogens is 2. The van der Waals surface area contributed by atoms with Gasteiger partial charge in [-0.3, -0.25) is 9.59 Å². The number of amides is 2. The molecule has 1 aromatic rings. The zero-order chi connectivity index (χ0) is 13.7. The van der Waals surface area contributed by atoms with Gasteiger partial charge in [0.15, 0.2) is 0 Å². The van der Waals surface area contributed by atoms with Crippen LogP contribution in [0.5, 0.6) is 0 Å². The average molecular weight is 275 g/mol. The molecule has 0 heterocycles. The molecule has 0 spiro atoms. The normalized spacial score (nSPS) is 11.8. The van der Waals surface area contributed by atoms with Gasteiger partial charge >= 0.3 is 11.8 Å². The Kier molecular flexibility index (Phi) is 5.06. The highest BCUT2D eigenvalue weighted by atomic mass is 35.5. The van der Waals surface area contributed by atoms with Gasteiger partial charge in [-0.2, -0.15) is 0 Å². The molecule has 0 saturated heterocycles. The van der Waals surface area contributed by atoms with Crippen LogP contribution in [-0.2, 0) is 9.59 Å². The lowest BCUT2D eigenvalue weighted by atomic mass is 10.3. The molecule has 0 fully saturated rings. The van der Waals surface area contributed by atoms with E-state index in [1.165, 1.54) is 13.0 Å². The van der Waals surface area contributed by atoms with E-state index in [0.29, 0.717) is 0 Å². The van der Waals surface area contributed by atoms with Gasteiger partial charge in [0.05, 0.1) is 16.8 Å². The Labute approximate surface area is 108 Å². The highest BCUT2D eigenvalue weighted by molar-refractivity contribution is 6.41. The first-order valence-electron chi connectivity index (χ1n) is 5.12. The van der Waals surface area contributed by atoms with Gasteiger partial charge in [-0.25, -0.2) is 4.39 Å². The number of nitrogens with one attached hydrogen (secondary N) is 2. The lowest BCUT2D eigenvalue weighted by Crippen LogP contribution is -2.38. The molecule has 0 bridgehead atoms. The van der Waals surface area contributed by atoms with Gasteiger partial charge in [-0.1, -0.05) is 11.6 Å². The third-order valence-corrected chi connectivity index (χ3v) is 2.26. The summed E-state index contributed by atoms with van der Waals surface area (Å²) in [7, 11) is 0. The number of carbonyl (C=O) groups excluding carboxylic acids is 2. The van der Waals surface area contributed by atoms with Crippen molar-refractivity contribution in [2.75, 3.05) is 11.9 Å². The van der Waals surface area contributed by atoms with Crippen molar-refractivity contribution in [1.82, 2.24) is 5.32 Å². The minimum absolute atomic E-state index is 0.00771. The molecular formula is C11H12ClFN2O3. The molecule has 1 aromatic carbocycles. The number of aliphatic hydroxyl groups excluding tert-OH is 1. The fourth-order valence-corrected chi connectivity index (χ4v) is 1.31. The summed E-state index contributed by atoms with van der Waals surface area (Å²) in [5, 5.41) is 13.4. The quantitative estimate of drug-likeness (QED) is 0.717. The summed E-state index contributed by atoms with van der Waals surface area (Å²) < 4.78 is 12.7. The maximum Gasteiger partial charge on any atom is 0.313 e. The Balaban J connectivity index is 2.61. The Morgan fingerprint density at radius 2 is 2.11 bits per heavy atom. The molecule has 7 heteroatoms. The second-order valence-electron chi connectivity index (χ2n) is 3.64. The lowest BCUT2D eigenvalue weighted by Gasteiger charge is -2.08. The smallest absolute Gasteiger partial charge is 0.313 e. The van der Waals surface area contributed by atoms with E-state index in [4.69, 9.17) is 16.7 Å². The standard InChI is InChI=1S/C11H12ClFN2O3/c1-6(16)5-14-10(17)11(18)15-9-3-2-7(13)4-8(9)12/h2-4,6,16H,5H2,1H3,(H,14,17)(H,15,18). The van der Waals surface area contributed by atoms with E-state index in [9.17, 15) is 14.0 Å². The summed E-state index contributed by atoms with van der Waals surface area (Å²) in [4.78, 5) is 22.7. The van der Waals surface area contributed by atoms with Crippen molar-refractivity contribution >= 4 is 29.1 Å². The molecule has 5 nitrogen and oxygen atoms in total. The van der Waals surface area contributed by atoms with Crippen LogP contribution >= 0.6 is 11.6 Å². The van der Waals surface area contributed by atoms with Crippen molar-refractivity contribution in [1.29, 1.82) is 0 Å². The molecule has 1 atom stereocenters. The molecule has 0 aromatic heterocycles. The van der Waals surface area contributed by atoms with E-state index in [1.54, 1.807) is 0 Å². The Morgan fingerprint density at radius 1 is 1.44 bits per heavy atom. The highest BCUT2D eigenvalue weighted by Gasteiger charge is 2.15. The van der Waals surface area contributed by atoms with Crippen molar-refractivity contribution < 1.29 is 19.1 Å². The van der Waals surface area contributed by atoms with Crippen LogP contribution in [0.3, 0.4) is 0 Å². The van der Waals surface area contributed by atoms with Crippen LogP contribution in [0.4, 0.5) is 10.1 Å². The largest absolute Gasteiger partial charge is 0.392 e. The fraction of sp³-hybridized carbons (Fsp3) is 0.273. The predicted octanol–water partition coefficient (Wildman–Crippen LogP) is 0.915. The fourth-order valence-electron chi connectivity index (χ4n) is 1.09. The molecular weight excluding hydrogens is 263 g/mol. The molecule has 1 unspecified atom stereocenters. The topological polar surface area (TPSA) is 78.4 Å². The molecule has 3 N–H and O–H groups in total. The SMILES string of the molecule is CC(O)CNC(=O)C(=O)Nc1ccc(F)cc1Cl. The molecule has 98 valence electrons. The minimum Gasteiger partial charge on any atom is -0.392 e. The summed E-state index contributed by atoms with van der Waals surface area (Å²) >= 11 is 5.68. The Morgan fingerprint density at radius 3 is 2.67 bits per heavy atom. The number of rotatable bonds is 3. The highest BCUT2D eigenvalue weighted by Crippen LogP contribution is 2.22. The average Bonchev–Trinajstić information content (AvgIpc) is 2.29. The van der Waals surface area contributed by atoms with E-state index in [-0.39, 0.29) is 17.3 Å². The van der Waals surface area contributed by atoms with Crippen molar-refractivity contribution in [3.63, 3.8) is 0 Å². The molecule has 0 aliphatic heterocycles. The van der Waals surface area contributed by atoms with Crippen LogP contribution in [-0.4, -0.2) is 29.6 Å². The van der Waals surface area contributed by atoms with E-state index < -0.39 is 23.7 Å². The first-order chi connectivity index (χ1) is 8.40. The van der Waals surface area contributed by atoms with Crippen molar-refractivity contribution in [3.05, 3.63) is 29.0 Å². The summed E-state index contributed by atoms with van der Waals surface area (Å²) in [6.45, 7) is 1.43. The zero-order valence-corrected chi connectivity index (χ0v) is 10.3. The number of hydrogen-bond donors (Lipinski definition) is 3. The van der Waals surface area contributed by atoms with Crippen molar-refractivity contribution in [2.24, 2.45) is 0 Å². The van der Waals surface area contributed by atoms with Crippen LogP contribution < -0.4 is 10.6 Å². The second-order valence-corrected chi connectivity index (χ2v) is 4.04. The van der Waals surface area contributed by atoms with Gasteiger partial charge in [-0.05, 0) is 25.1 Å². The number of hydrogen-bond acceptors (Lipinski definition) is 3. The molecule has 0 aliphatic rings. The molecule has 2 amide bonds.